The molecule has 1 aliphatic heterocycles. The summed E-state index contributed by atoms with van der Waals surface area (Å²) in [5.41, 5.74) is 1.31. The molecule has 0 saturated carbocycles. The average Bonchev–Trinajstić information content (AvgIpc) is 3.07. The molecule has 2 atom stereocenters. The molecular formula is C18H19ClF2N2O. The van der Waals surface area contributed by atoms with Crippen molar-refractivity contribution in [2.75, 3.05) is 13.1 Å². The number of nitrogens with zero attached hydrogens (tertiary/aromatic N) is 1. The maximum Gasteiger partial charge on any atom is 0.168 e. The number of hydrogen-bond acceptors (Lipinski definition) is 3. The lowest BCUT2D eigenvalue weighted by molar-refractivity contribution is 0.136. The topological polar surface area (TPSA) is 34.1 Å². The molecule has 24 heavy (non-hydrogen) atoms. The molecule has 2 heterocycles. The number of aryl methyl sites for hydroxylation is 1. The Morgan fingerprint density at radius 1 is 1.33 bits per heavy atom. The summed E-state index contributed by atoms with van der Waals surface area (Å²) in [5.74, 6) is -1.01. The summed E-state index contributed by atoms with van der Waals surface area (Å²) in [6, 6.07) is 3.96. The molecule has 1 unspecified atom stereocenters. The molecule has 2 aromatic rings. The largest absolute Gasteiger partial charge is 0.482 e. The minimum atomic E-state index is -0.683. The second kappa shape index (κ2) is 7.45. The third kappa shape index (κ3) is 3.68. The Balaban J connectivity index is 1.98. The van der Waals surface area contributed by atoms with Gasteiger partial charge in [-0.15, -0.1) is 0 Å². The van der Waals surface area contributed by atoms with Gasteiger partial charge in [-0.3, -0.25) is 4.98 Å². The lowest BCUT2D eigenvalue weighted by atomic mass is 9.95. The van der Waals surface area contributed by atoms with Crippen molar-refractivity contribution in [2.45, 2.75) is 25.9 Å². The van der Waals surface area contributed by atoms with Gasteiger partial charge in [0.1, 0.15) is 11.9 Å². The first kappa shape index (κ1) is 17.1. The predicted molar refractivity (Wildman–Crippen MR) is 89.3 cm³/mol. The van der Waals surface area contributed by atoms with Crippen molar-refractivity contribution < 1.29 is 13.5 Å². The fourth-order valence-electron chi connectivity index (χ4n) is 3.09. The summed E-state index contributed by atoms with van der Waals surface area (Å²) in [4.78, 5) is 4.11. The summed E-state index contributed by atoms with van der Waals surface area (Å²) in [7, 11) is 0. The molecule has 128 valence electrons. The fraction of sp³-hybridized carbons (Fsp3) is 0.389. The van der Waals surface area contributed by atoms with Gasteiger partial charge in [0.25, 0.3) is 0 Å². The van der Waals surface area contributed by atoms with Crippen LogP contribution in [0.1, 0.15) is 30.6 Å². The number of hydrogen-bond donors (Lipinski definition) is 1. The number of nitrogens with one attached hydrogen (secondary N) is 1. The maximum atomic E-state index is 14.3. The van der Waals surface area contributed by atoms with E-state index in [1.165, 1.54) is 6.07 Å². The molecule has 3 nitrogen and oxygen atoms in total. The Labute approximate surface area is 145 Å². The number of benzene rings is 1. The SMILES string of the molecule is CCc1cc(F)cc(F)c1O[C@H](c1cncc(Cl)c1)C1CCNC1. The van der Waals surface area contributed by atoms with E-state index in [0.29, 0.717) is 17.0 Å². The second-order valence-electron chi connectivity index (χ2n) is 5.96. The van der Waals surface area contributed by atoms with E-state index in [2.05, 4.69) is 10.3 Å². The van der Waals surface area contributed by atoms with Crippen molar-refractivity contribution in [3.8, 4) is 5.75 Å². The van der Waals surface area contributed by atoms with Crippen LogP contribution in [0.25, 0.3) is 0 Å². The summed E-state index contributed by atoms with van der Waals surface area (Å²) in [6.07, 6.45) is 4.22. The van der Waals surface area contributed by atoms with E-state index in [1.807, 2.05) is 6.92 Å². The van der Waals surface area contributed by atoms with Crippen molar-refractivity contribution in [2.24, 2.45) is 5.92 Å². The molecular weight excluding hydrogens is 334 g/mol. The zero-order valence-corrected chi connectivity index (χ0v) is 14.1. The normalized spacial score (nSPS) is 18.6. The first-order valence-electron chi connectivity index (χ1n) is 8.04. The van der Waals surface area contributed by atoms with Crippen LogP contribution in [-0.2, 0) is 6.42 Å². The zero-order chi connectivity index (χ0) is 17.1. The van der Waals surface area contributed by atoms with E-state index < -0.39 is 17.7 Å². The highest BCUT2D eigenvalue weighted by Crippen LogP contribution is 2.36. The molecule has 0 spiro atoms. The van der Waals surface area contributed by atoms with Crippen LogP contribution in [0.2, 0.25) is 5.02 Å². The average molecular weight is 353 g/mol. The Kier molecular flexibility index (Phi) is 5.31. The van der Waals surface area contributed by atoms with Crippen LogP contribution in [0.3, 0.4) is 0 Å². The van der Waals surface area contributed by atoms with Gasteiger partial charge in [-0.1, -0.05) is 18.5 Å². The monoisotopic (exact) mass is 352 g/mol. The van der Waals surface area contributed by atoms with Crippen molar-refractivity contribution >= 4 is 11.6 Å². The standard InChI is InChI=1S/C18H19ClF2N2O/c1-2-11-6-15(20)7-16(21)18(11)24-17(12-3-4-22-8-12)13-5-14(19)10-23-9-13/h5-7,9-10,12,17,22H,2-4,8H2,1H3/t12?,17-/m0/s1. The molecule has 1 N–H and O–H groups in total. The molecule has 0 radical (unpaired) electrons. The first-order valence-corrected chi connectivity index (χ1v) is 8.42. The predicted octanol–water partition coefficient (Wildman–Crippen LogP) is 4.31. The number of halogens is 3. The molecule has 1 aromatic carbocycles. The van der Waals surface area contributed by atoms with Crippen molar-refractivity contribution in [1.29, 1.82) is 0 Å². The van der Waals surface area contributed by atoms with Crippen LogP contribution in [0.5, 0.6) is 5.75 Å². The Hall–Kier alpha value is -1.72. The molecule has 3 rings (SSSR count). The molecule has 0 bridgehead atoms. The quantitative estimate of drug-likeness (QED) is 0.871. The van der Waals surface area contributed by atoms with Gasteiger partial charge in [0.15, 0.2) is 11.6 Å². The van der Waals surface area contributed by atoms with E-state index in [9.17, 15) is 8.78 Å². The van der Waals surface area contributed by atoms with Crippen LogP contribution >= 0.6 is 11.6 Å². The van der Waals surface area contributed by atoms with Gasteiger partial charge in [-0.25, -0.2) is 8.78 Å². The third-order valence-electron chi connectivity index (χ3n) is 4.29. The van der Waals surface area contributed by atoms with Crippen LogP contribution in [0.15, 0.2) is 30.6 Å². The molecule has 6 heteroatoms. The number of ether oxygens (including phenoxy) is 1. The van der Waals surface area contributed by atoms with Gasteiger partial charge < -0.3 is 10.1 Å². The minimum Gasteiger partial charge on any atom is -0.482 e. The van der Waals surface area contributed by atoms with Crippen molar-refractivity contribution in [3.05, 3.63) is 58.4 Å². The van der Waals surface area contributed by atoms with Gasteiger partial charge >= 0.3 is 0 Å². The Morgan fingerprint density at radius 3 is 2.83 bits per heavy atom. The molecule has 0 aliphatic carbocycles. The van der Waals surface area contributed by atoms with E-state index in [4.69, 9.17) is 16.3 Å². The van der Waals surface area contributed by atoms with E-state index in [-0.39, 0.29) is 11.7 Å². The highest BCUT2D eigenvalue weighted by Gasteiger charge is 2.30. The van der Waals surface area contributed by atoms with Gasteiger partial charge in [0.05, 0.1) is 5.02 Å². The smallest absolute Gasteiger partial charge is 0.168 e. The number of pyridine rings is 1. The summed E-state index contributed by atoms with van der Waals surface area (Å²) >= 11 is 6.05. The molecule has 0 amide bonds. The minimum absolute atomic E-state index is 0.107. The molecule has 1 saturated heterocycles. The lowest BCUT2D eigenvalue weighted by Gasteiger charge is -2.26. The van der Waals surface area contributed by atoms with Crippen LogP contribution in [0.4, 0.5) is 8.78 Å². The van der Waals surface area contributed by atoms with Crippen LogP contribution in [-0.4, -0.2) is 18.1 Å². The lowest BCUT2D eigenvalue weighted by Crippen LogP contribution is -2.22. The van der Waals surface area contributed by atoms with Gasteiger partial charge in [0.2, 0.25) is 0 Å². The Bertz CT molecular complexity index is 720. The first-order chi connectivity index (χ1) is 11.6. The van der Waals surface area contributed by atoms with Gasteiger partial charge in [-0.2, -0.15) is 0 Å². The summed E-state index contributed by atoms with van der Waals surface area (Å²) in [6.45, 7) is 3.49. The Morgan fingerprint density at radius 2 is 2.17 bits per heavy atom. The fourth-order valence-corrected chi connectivity index (χ4v) is 3.27. The third-order valence-corrected chi connectivity index (χ3v) is 4.50. The van der Waals surface area contributed by atoms with E-state index >= 15 is 0 Å². The van der Waals surface area contributed by atoms with Crippen molar-refractivity contribution in [3.63, 3.8) is 0 Å². The van der Waals surface area contributed by atoms with Crippen molar-refractivity contribution in [1.82, 2.24) is 10.3 Å². The van der Waals surface area contributed by atoms with E-state index in [0.717, 1.165) is 31.1 Å². The maximum absolute atomic E-state index is 14.3. The molecule has 1 aromatic heterocycles. The second-order valence-corrected chi connectivity index (χ2v) is 6.39. The van der Waals surface area contributed by atoms with Crippen LogP contribution < -0.4 is 10.1 Å². The molecule has 1 fully saturated rings. The van der Waals surface area contributed by atoms with Gasteiger partial charge in [0, 0.05) is 36.5 Å². The van der Waals surface area contributed by atoms with Gasteiger partial charge in [-0.05, 0) is 37.1 Å². The highest BCUT2D eigenvalue weighted by atomic mass is 35.5. The highest BCUT2D eigenvalue weighted by molar-refractivity contribution is 6.30. The molecule has 1 aliphatic rings. The number of rotatable bonds is 5. The van der Waals surface area contributed by atoms with E-state index in [1.54, 1.807) is 18.5 Å². The summed E-state index contributed by atoms with van der Waals surface area (Å²) in [5, 5.41) is 3.79. The zero-order valence-electron chi connectivity index (χ0n) is 13.4. The number of aromatic nitrogens is 1. The van der Waals surface area contributed by atoms with Crippen LogP contribution in [0, 0.1) is 17.6 Å². The summed E-state index contributed by atoms with van der Waals surface area (Å²) < 4.78 is 33.9.